The van der Waals surface area contributed by atoms with Gasteiger partial charge in [0.15, 0.2) is 0 Å². The first-order chi connectivity index (χ1) is 11.3. The van der Waals surface area contributed by atoms with Gasteiger partial charge in [-0.15, -0.1) is 0 Å². The second-order valence-electron chi connectivity index (χ2n) is 6.40. The van der Waals surface area contributed by atoms with Crippen LogP contribution in [0.2, 0.25) is 0 Å². The minimum atomic E-state index is 0.0610. The van der Waals surface area contributed by atoms with Crippen LogP contribution in [0.25, 0.3) is 0 Å². The zero-order valence-corrected chi connectivity index (χ0v) is 13.5. The molecule has 1 amide bonds. The van der Waals surface area contributed by atoms with Crippen molar-refractivity contribution in [3.05, 3.63) is 47.8 Å². The highest BCUT2D eigenvalue weighted by Crippen LogP contribution is 2.32. The Hall–Kier alpha value is -2.14. The van der Waals surface area contributed by atoms with Crippen molar-refractivity contribution in [3.63, 3.8) is 0 Å². The van der Waals surface area contributed by atoms with Crippen LogP contribution in [-0.4, -0.2) is 39.7 Å². The van der Waals surface area contributed by atoms with Gasteiger partial charge < -0.3 is 4.90 Å². The molecule has 1 fully saturated rings. The van der Waals surface area contributed by atoms with Gasteiger partial charge in [-0.2, -0.15) is 5.10 Å². The lowest BCUT2D eigenvalue weighted by Crippen LogP contribution is -2.40. The van der Waals surface area contributed by atoms with Crippen LogP contribution >= 0.6 is 0 Å². The summed E-state index contributed by atoms with van der Waals surface area (Å²) < 4.78 is 1.80. The molecule has 0 N–H and O–H groups in total. The predicted molar refractivity (Wildman–Crippen MR) is 89.5 cm³/mol. The molecular formula is C18H22N4O. The van der Waals surface area contributed by atoms with E-state index in [2.05, 4.69) is 28.2 Å². The van der Waals surface area contributed by atoms with E-state index >= 15 is 0 Å². The van der Waals surface area contributed by atoms with Crippen molar-refractivity contribution in [1.82, 2.24) is 14.7 Å². The Morgan fingerprint density at radius 1 is 1.35 bits per heavy atom. The summed E-state index contributed by atoms with van der Waals surface area (Å²) in [6.07, 6.45) is 5.93. The third-order valence-electron chi connectivity index (χ3n) is 5.00. The Morgan fingerprint density at radius 2 is 2.22 bits per heavy atom. The van der Waals surface area contributed by atoms with Gasteiger partial charge in [-0.25, -0.2) is 0 Å². The van der Waals surface area contributed by atoms with Crippen LogP contribution in [0.1, 0.15) is 35.7 Å². The average Bonchev–Trinajstić information content (AvgIpc) is 3.19. The van der Waals surface area contributed by atoms with Crippen LogP contribution in [0, 0.1) is 0 Å². The average molecular weight is 310 g/mol. The Bertz CT molecular complexity index is 723. The van der Waals surface area contributed by atoms with Crippen molar-refractivity contribution >= 4 is 11.6 Å². The minimum absolute atomic E-state index is 0.0610. The van der Waals surface area contributed by atoms with Gasteiger partial charge in [0.1, 0.15) is 0 Å². The molecule has 120 valence electrons. The maximum Gasteiger partial charge on any atom is 0.261 e. The molecule has 2 aliphatic heterocycles. The predicted octanol–water partition coefficient (Wildman–Crippen LogP) is 2.53. The molecule has 1 saturated heterocycles. The fourth-order valence-corrected chi connectivity index (χ4v) is 3.74. The molecule has 0 unspecified atom stereocenters. The number of nitrogens with zero attached hydrogens (tertiary/aromatic N) is 4. The van der Waals surface area contributed by atoms with Crippen LogP contribution < -0.4 is 4.90 Å². The Balaban J connectivity index is 1.72. The highest BCUT2D eigenvalue weighted by molar-refractivity contribution is 6.06. The molecule has 4 rings (SSSR count). The number of aryl methyl sites for hydroxylation is 1. The highest BCUT2D eigenvalue weighted by atomic mass is 16.2. The van der Waals surface area contributed by atoms with Gasteiger partial charge >= 0.3 is 0 Å². The molecule has 23 heavy (non-hydrogen) atoms. The van der Waals surface area contributed by atoms with Gasteiger partial charge in [0.25, 0.3) is 5.91 Å². The van der Waals surface area contributed by atoms with E-state index in [1.54, 1.807) is 10.9 Å². The van der Waals surface area contributed by atoms with Crippen molar-refractivity contribution in [2.75, 3.05) is 18.0 Å². The molecule has 2 aromatic rings. The summed E-state index contributed by atoms with van der Waals surface area (Å²) in [5, 5.41) is 4.26. The van der Waals surface area contributed by atoms with Crippen LogP contribution in [0.3, 0.4) is 0 Å². The van der Waals surface area contributed by atoms with E-state index in [9.17, 15) is 4.79 Å². The molecule has 3 heterocycles. The molecule has 5 nitrogen and oxygen atoms in total. The summed E-state index contributed by atoms with van der Waals surface area (Å²) in [5.74, 6) is 0.0610. The van der Waals surface area contributed by atoms with Crippen molar-refractivity contribution in [3.8, 4) is 0 Å². The molecule has 5 heteroatoms. The lowest BCUT2D eigenvalue weighted by atomic mass is 10.1. The number of anilines is 1. The van der Waals surface area contributed by atoms with E-state index in [1.807, 2.05) is 24.1 Å². The van der Waals surface area contributed by atoms with Gasteiger partial charge in [0.05, 0.1) is 11.8 Å². The van der Waals surface area contributed by atoms with Gasteiger partial charge in [0.2, 0.25) is 0 Å². The van der Waals surface area contributed by atoms with E-state index in [4.69, 9.17) is 0 Å². The lowest BCUT2D eigenvalue weighted by molar-refractivity contribution is 0.0981. The number of hydrogen-bond acceptors (Lipinski definition) is 3. The van der Waals surface area contributed by atoms with Gasteiger partial charge in [-0.1, -0.05) is 18.2 Å². The Labute approximate surface area is 136 Å². The second-order valence-corrected chi connectivity index (χ2v) is 6.40. The van der Waals surface area contributed by atoms with E-state index < -0.39 is 0 Å². The van der Waals surface area contributed by atoms with E-state index in [-0.39, 0.29) is 5.91 Å². The van der Waals surface area contributed by atoms with Crippen LogP contribution in [0.5, 0.6) is 0 Å². The smallest absolute Gasteiger partial charge is 0.261 e. The fourth-order valence-electron chi connectivity index (χ4n) is 3.74. The third kappa shape index (κ3) is 2.55. The van der Waals surface area contributed by atoms with Crippen molar-refractivity contribution in [2.24, 2.45) is 0 Å². The summed E-state index contributed by atoms with van der Waals surface area (Å²) in [6, 6.07) is 8.76. The number of fused-ring (bicyclic) bond motifs is 2. The zero-order valence-electron chi connectivity index (χ0n) is 13.5. The summed E-state index contributed by atoms with van der Waals surface area (Å²) in [5.41, 5.74) is 2.97. The molecule has 0 bridgehead atoms. The van der Waals surface area contributed by atoms with Crippen LogP contribution in [0.4, 0.5) is 5.69 Å². The number of carbonyl (C=O) groups is 1. The molecule has 0 radical (unpaired) electrons. The highest BCUT2D eigenvalue weighted by Gasteiger charge is 2.33. The van der Waals surface area contributed by atoms with Crippen LogP contribution in [-0.2, 0) is 13.1 Å². The van der Waals surface area contributed by atoms with E-state index in [0.717, 1.165) is 31.9 Å². The summed E-state index contributed by atoms with van der Waals surface area (Å²) >= 11 is 0. The number of hydrogen-bond donors (Lipinski definition) is 0. The zero-order chi connectivity index (χ0) is 15.8. The van der Waals surface area contributed by atoms with Crippen molar-refractivity contribution in [2.45, 2.75) is 38.9 Å². The normalized spacial score (nSPS) is 20.9. The molecule has 1 aromatic heterocycles. The molecule has 1 aromatic carbocycles. The number of rotatable bonds is 2. The van der Waals surface area contributed by atoms with Crippen LogP contribution in [0.15, 0.2) is 36.7 Å². The number of amides is 1. The number of para-hydroxylation sites is 1. The van der Waals surface area contributed by atoms with E-state index in [1.165, 1.54) is 18.4 Å². The van der Waals surface area contributed by atoms with Gasteiger partial charge in [0, 0.05) is 37.6 Å². The maximum absolute atomic E-state index is 13.1. The minimum Gasteiger partial charge on any atom is -0.306 e. The number of carbonyl (C=O) groups excluding carboxylic acids is 1. The van der Waals surface area contributed by atoms with Crippen molar-refractivity contribution in [1.29, 1.82) is 0 Å². The fraction of sp³-hybridized carbons (Fsp3) is 0.444. The van der Waals surface area contributed by atoms with E-state index in [0.29, 0.717) is 11.6 Å². The largest absolute Gasteiger partial charge is 0.306 e. The van der Waals surface area contributed by atoms with Crippen molar-refractivity contribution < 1.29 is 4.79 Å². The van der Waals surface area contributed by atoms with Gasteiger partial charge in [-0.05, 0) is 37.9 Å². The molecule has 1 atom stereocenters. The quantitative estimate of drug-likeness (QED) is 0.856. The Kier molecular flexibility index (Phi) is 3.65. The molecule has 0 saturated carbocycles. The maximum atomic E-state index is 13.1. The second kappa shape index (κ2) is 5.81. The molecule has 0 aliphatic carbocycles. The molecule has 2 aliphatic rings. The first-order valence-electron chi connectivity index (χ1n) is 8.42. The first kappa shape index (κ1) is 14.5. The SMILES string of the molecule is CCn1cc(C(=O)N2C[C@@H]3CCCN3Cc3ccccc32)cn1. The lowest BCUT2D eigenvalue weighted by Gasteiger charge is -2.26. The number of benzene rings is 1. The molecule has 0 spiro atoms. The standard InChI is InChI=1S/C18H22N4O/c1-2-21-12-15(10-19-21)18(23)22-13-16-7-5-9-20(16)11-14-6-3-4-8-17(14)22/h3-4,6,8,10,12,16H,2,5,7,9,11,13H2,1H3/t16-/m0/s1. The first-order valence-corrected chi connectivity index (χ1v) is 8.42. The van der Waals surface area contributed by atoms with Gasteiger partial charge in [-0.3, -0.25) is 14.4 Å². The molecular weight excluding hydrogens is 288 g/mol. The third-order valence-corrected chi connectivity index (χ3v) is 5.00. The summed E-state index contributed by atoms with van der Waals surface area (Å²) in [6.45, 7) is 5.65. The monoisotopic (exact) mass is 310 g/mol. The Morgan fingerprint density at radius 3 is 3.04 bits per heavy atom. The number of aromatic nitrogens is 2. The summed E-state index contributed by atoms with van der Waals surface area (Å²) in [4.78, 5) is 17.6. The summed E-state index contributed by atoms with van der Waals surface area (Å²) in [7, 11) is 0. The topological polar surface area (TPSA) is 41.4 Å².